The van der Waals surface area contributed by atoms with E-state index >= 15 is 0 Å². The van der Waals surface area contributed by atoms with Crippen LogP contribution in [0.25, 0.3) is 0 Å². The van der Waals surface area contributed by atoms with Crippen molar-refractivity contribution in [1.82, 2.24) is 0 Å². The molecule has 0 radical (unpaired) electrons. The molecule has 0 amide bonds. The highest BCUT2D eigenvalue weighted by Crippen LogP contribution is 2.42. The van der Waals surface area contributed by atoms with Crippen LogP contribution in [0.1, 0.15) is 24.4 Å². The van der Waals surface area contributed by atoms with Gasteiger partial charge in [-0.15, -0.1) is 0 Å². The third-order valence-corrected chi connectivity index (χ3v) is 3.56. The molecule has 1 unspecified atom stereocenters. The van der Waals surface area contributed by atoms with Crippen LogP contribution in [0, 0.1) is 23.4 Å². The van der Waals surface area contributed by atoms with Crippen molar-refractivity contribution in [2.24, 2.45) is 5.92 Å². The van der Waals surface area contributed by atoms with Gasteiger partial charge in [0.05, 0.1) is 6.04 Å². The summed E-state index contributed by atoms with van der Waals surface area (Å²) in [6, 6.07) is 10.0. The fourth-order valence-electron chi connectivity index (χ4n) is 2.34. The minimum absolute atomic E-state index is 0.000427. The zero-order valence-corrected chi connectivity index (χ0v) is 10.7. The summed E-state index contributed by atoms with van der Waals surface area (Å²) in [4.78, 5) is 0. The Kier molecular flexibility index (Phi) is 3.38. The highest BCUT2D eigenvalue weighted by atomic mass is 19.2. The number of anilines is 1. The zero-order chi connectivity index (χ0) is 14.1. The van der Waals surface area contributed by atoms with Crippen LogP contribution in [0.3, 0.4) is 0 Å². The Morgan fingerprint density at radius 1 is 0.900 bits per heavy atom. The summed E-state index contributed by atoms with van der Waals surface area (Å²) in [5.41, 5.74) is 1.49. The van der Waals surface area contributed by atoms with Gasteiger partial charge in [-0.1, -0.05) is 12.1 Å². The maximum atomic E-state index is 13.2. The number of hydrogen-bond acceptors (Lipinski definition) is 1. The molecule has 1 aliphatic rings. The van der Waals surface area contributed by atoms with Crippen LogP contribution >= 0.6 is 0 Å². The molecule has 1 N–H and O–H groups in total. The third-order valence-electron chi connectivity index (χ3n) is 3.56. The van der Waals surface area contributed by atoms with Crippen molar-refractivity contribution in [3.8, 4) is 0 Å². The molecule has 1 aliphatic carbocycles. The molecular weight excluding hydrogens is 263 g/mol. The fraction of sp³-hybridized carbons (Fsp3) is 0.250. The van der Waals surface area contributed by atoms with E-state index in [2.05, 4.69) is 5.32 Å². The monoisotopic (exact) mass is 277 g/mol. The van der Waals surface area contributed by atoms with Gasteiger partial charge in [0, 0.05) is 11.8 Å². The first-order valence-electron chi connectivity index (χ1n) is 6.60. The van der Waals surface area contributed by atoms with Crippen LogP contribution in [0.4, 0.5) is 18.9 Å². The molecule has 104 valence electrons. The number of nitrogens with one attached hydrogen (secondary N) is 1. The van der Waals surface area contributed by atoms with Crippen LogP contribution in [0.15, 0.2) is 42.5 Å². The largest absolute Gasteiger partial charge is 0.378 e. The van der Waals surface area contributed by atoms with Gasteiger partial charge in [0.25, 0.3) is 0 Å². The molecule has 0 aromatic heterocycles. The summed E-state index contributed by atoms with van der Waals surface area (Å²) in [6.45, 7) is 0. The molecule has 0 aliphatic heterocycles. The van der Waals surface area contributed by atoms with E-state index in [4.69, 9.17) is 0 Å². The van der Waals surface area contributed by atoms with Crippen molar-refractivity contribution < 1.29 is 13.2 Å². The SMILES string of the molecule is Fc1ccc(C(Nc2ccc(F)c(F)c2)C2CC2)cc1. The first kappa shape index (κ1) is 13.0. The molecule has 20 heavy (non-hydrogen) atoms. The minimum atomic E-state index is -0.872. The van der Waals surface area contributed by atoms with E-state index in [9.17, 15) is 13.2 Å². The Morgan fingerprint density at radius 3 is 2.20 bits per heavy atom. The van der Waals surface area contributed by atoms with Crippen LogP contribution in [0.5, 0.6) is 0 Å². The van der Waals surface area contributed by atoms with Crippen molar-refractivity contribution in [2.75, 3.05) is 5.32 Å². The molecular formula is C16H14F3N. The van der Waals surface area contributed by atoms with E-state index in [0.717, 1.165) is 30.5 Å². The van der Waals surface area contributed by atoms with Gasteiger partial charge in [0.15, 0.2) is 11.6 Å². The summed E-state index contributed by atoms with van der Waals surface area (Å²) in [5.74, 6) is -1.56. The normalized spacial score (nSPS) is 15.9. The van der Waals surface area contributed by atoms with Gasteiger partial charge >= 0.3 is 0 Å². The molecule has 0 saturated heterocycles. The first-order valence-corrected chi connectivity index (χ1v) is 6.60. The van der Waals surface area contributed by atoms with Crippen molar-refractivity contribution in [2.45, 2.75) is 18.9 Å². The summed E-state index contributed by atoms with van der Waals surface area (Å²) >= 11 is 0. The van der Waals surface area contributed by atoms with Crippen LogP contribution in [-0.2, 0) is 0 Å². The smallest absolute Gasteiger partial charge is 0.160 e. The van der Waals surface area contributed by atoms with E-state index in [1.54, 1.807) is 12.1 Å². The Balaban J connectivity index is 1.84. The Bertz CT molecular complexity index is 606. The molecule has 1 atom stereocenters. The minimum Gasteiger partial charge on any atom is -0.378 e. The number of halogens is 3. The molecule has 0 spiro atoms. The summed E-state index contributed by atoms with van der Waals surface area (Å²) in [6.07, 6.45) is 2.16. The molecule has 1 saturated carbocycles. The second kappa shape index (κ2) is 5.19. The molecule has 1 nitrogen and oxygen atoms in total. The summed E-state index contributed by atoms with van der Waals surface area (Å²) in [5, 5.41) is 3.22. The Labute approximate surface area is 115 Å². The first-order chi connectivity index (χ1) is 9.63. The van der Waals surface area contributed by atoms with Crippen LogP contribution < -0.4 is 5.32 Å². The van der Waals surface area contributed by atoms with Crippen molar-refractivity contribution in [3.05, 3.63) is 65.5 Å². The highest BCUT2D eigenvalue weighted by Gasteiger charge is 2.32. The predicted molar refractivity (Wildman–Crippen MR) is 71.8 cm³/mol. The zero-order valence-electron chi connectivity index (χ0n) is 10.7. The predicted octanol–water partition coefficient (Wildman–Crippen LogP) is 4.67. The maximum absolute atomic E-state index is 13.2. The van der Waals surface area contributed by atoms with Gasteiger partial charge in [-0.25, -0.2) is 13.2 Å². The van der Waals surface area contributed by atoms with E-state index < -0.39 is 11.6 Å². The summed E-state index contributed by atoms with van der Waals surface area (Å²) < 4.78 is 39.1. The second-order valence-electron chi connectivity index (χ2n) is 5.14. The van der Waals surface area contributed by atoms with Gasteiger partial charge in [0.1, 0.15) is 5.82 Å². The fourth-order valence-corrected chi connectivity index (χ4v) is 2.34. The molecule has 0 heterocycles. The standard InChI is InChI=1S/C16H14F3N/c17-12-5-3-11(4-6-12)16(10-1-2-10)20-13-7-8-14(18)15(19)9-13/h3-10,16,20H,1-2H2. The van der Waals surface area contributed by atoms with Crippen molar-refractivity contribution >= 4 is 5.69 Å². The lowest BCUT2D eigenvalue weighted by Crippen LogP contribution is -2.13. The molecule has 4 heteroatoms. The number of hydrogen-bond donors (Lipinski definition) is 1. The van der Waals surface area contributed by atoms with E-state index in [1.807, 2.05) is 0 Å². The molecule has 2 aromatic carbocycles. The van der Waals surface area contributed by atoms with E-state index in [-0.39, 0.29) is 11.9 Å². The van der Waals surface area contributed by atoms with E-state index in [1.165, 1.54) is 18.2 Å². The van der Waals surface area contributed by atoms with E-state index in [0.29, 0.717) is 11.6 Å². The molecule has 1 fully saturated rings. The molecule has 3 rings (SSSR count). The Morgan fingerprint density at radius 2 is 1.60 bits per heavy atom. The van der Waals surface area contributed by atoms with Crippen molar-refractivity contribution in [1.29, 1.82) is 0 Å². The van der Waals surface area contributed by atoms with Gasteiger partial charge in [0.2, 0.25) is 0 Å². The molecule has 2 aromatic rings. The van der Waals surface area contributed by atoms with Crippen molar-refractivity contribution in [3.63, 3.8) is 0 Å². The number of benzene rings is 2. The average Bonchev–Trinajstić information content (AvgIpc) is 3.26. The lowest BCUT2D eigenvalue weighted by Gasteiger charge is -2.20. The Hall–Kier alpha value is -1.97. The number of rotatable bonds is 4. The van der Waals surface area contributed by atoms with Crippen LogP contribution in [-0.4, -0.2) is 0 Å². The van der Waals surface area contributed by atoms with Gasteiger partial charge < -0.3 is 5.32 Å². The lowest BCUT2D eigenvalue weighted by atomic mass is 10.0. The van der Waals surface area contributed by atoms with Gasteiger partial charge in [-0.2, -0.15) is 0 Å². The van der Waals surface area contributed by atoms with Crippen LogP contribution in [0.2, 0.25) is 0 Å². The van der Waals surface area contributed by atoms with Gasteiger partial charge in [-0.3, -0.25) is 0 Å². The summed E-state index contributed by atoms with van der Waals surface area (Å²) in [7, 11) is 0. The second-order valence-corrected chi connectivity index (χ2v) is 5.14. The lowest BCUT2D eigenvalue weighted by molar-refractivity contribution is 0.508. The average molecular weight is 277 g/mol. The highest BCUT2D eigenvalue weighted by molar-refractivity contribution is 5.46. The maximum Gasteiger partial charge on any atom is 0.160 e. The quantitative estimate of drug-likeness (QED) is 0.856. The molecule has 0 bridgehead atoms. The topological polar surface area (TPSA) is 12.0 Å². The van der Waals surface area contributed by atoms with Gasteiger partial charge in [-0.05, 0) is 48.6 Å². The third kappa shape index (κ3) is 2.79.